The lowest BCUT2D eigenvalue weighted by molar-refractivity contribution is -0.120. The van der Waals surface area contributed by atoms with Gasteiger partial charge in [-0.1, -0.05) is 19.3 Å². The van der Waals surface area contributed by atoms with E-state index in [0.29, 0.717) is 12.3 Å². The normalized spacial score (nSPS) is 15.7. The number of carboxylic acids is 1. The predicted octanol–water partition coefficient (Wildman–Crippen LogP) is 3.05. The zero-order chi connectivity index (χ0) is 15.2. The van der Waals surface area contributed by atoms with Crippen molar-refractivity contribution in [2.24, 2.45) is 5.92 Å². The maximum Gasteiger partial charge on any atom is 0.335 e. The van der Waals surface area contributed by atoms with Crippen molar-refractivity contribution >= 4 is 17.6 Å². The molecule has 2 N–H and O–H groups in total. The number of carbonyl (C=O) groups excluding carboxylic acids is 1. The molecular weight excluding hydrogens is 270 g/mol. The molecule has 0 radical (unpaired) electrons. The molecule has 0 aromatic heterocycles. The van der Waals surface area contributed by atoms with Gasteiger partial charge in [-0.3, -0.25) is 4.79 Å². The number of ether oxygens (including phenoxy) is 1. The Bertz CT molecular complexity index is 521. The van der Waals surface area contributed by atoms with Crippen LogP contribution in [0.25, 0.3) is 0 Å². The Morgan fingerprint density at radius 3 is 2.57 bits per heavy atom. The van der Waals surface area contributed by atoms with E-state index < -0.39 is 5.97 Å². The Balaban J connectivity index is 2.13. The number of amides is 1. The first kappa shape index (κ1) is 15.5. The minimum absolute atomic E-state index is 0.0133. The third kappa shape index (κ3) is 4.29. The number of anilines is 1. The first-order valence-electron chi connectivity index (χ1n) is 7.27. The van der Waals surface area contributed by atoms with Gasteiger partial charge in [0, 0.05) is 18.7 Å². The molecule has 0 saturated heterocycles. The van der Waals surface area contributed by atoms with Gasteiger partial charge in [-0.15, -0.1) is 0 Å². The van der Waals surface area contributed by atoms with E-state index in [4.69, 9.17) is 9.84 Å². The SMILES string of the molecule is COCc1cc(NC(=O)C2CCCCC2)cc(C(=O)O)c1. The standard InChI is InChI=1S/C16H21NO4/c1-21-10-11-7-13(16(19)20)9-14(8-11)17-15(18)12-5-3-2-4-6-12/h7-9,12H,2-6,10H2,1H3,(H,17,18)(H,19,20). The fourth-order valence-corrected chi connectivity index (χ4v) is 2.75. The van der Waals surface area contributed by atoms with Crippen LogP contribution >= 0.6 is 0 Å². The number of carbonyl (C=O) groups is 2. The van der Waals surface area contributed by atoms with E-state index in [1.54, 1.807) is 19.2 Å². The molecule has 0 unspecified atom stereocenters. The second-order valence-electron chi connectivity index (χ2n) is 5.48. The van der Waals surface area contributed by atoms with Crippen molar-refractivity contribution in [3.63, 3.8) is 0 Å². The summed E-state index contributed by atoms with van der Waals surface area (Å²) in [6.45, 7) is 0.313. The number of nitrogens with one attached hydrogen (secondary N) is 1. The van der Waals surface area contributed by atoms with Crippen LogP contribution < -0.4 is 5.32 Å². The van der Waals surface area contributed by atoms with Gasteiger partial charge >= 0.3 is 5.97 Å². The van der Waals surface area contributed by atoms with E-state index in [2.05, 4.69) is 5.32 Å². The second kappa shape index (κ2) is 7.22. The summed E-state index contributed by atoms with van der Waals surface area (Å²) in [5.41, 5.74) is 1.41. The van der Waals surface area contributed by atoms with Gasteiger partial charge < -0.3 is 15.2 Å². The Morgan fingerprint density at radius 2 is 1.95 bits per heavy atom. The molecule has 1 amide bonds. The summed E-state index contributed by atoms with van der Waals surface area (Å²) in [7, 11) is 1.55. The molecule has 0 bridgehead atoms. The quantitative estimate of drug-likeness (QED) is 0.874. The van der Waals surface area contributed by atoms with Gasteiger partial charge in [-0.2, -0.15) is 0 Å². The molecule has 0 heterocycles. The van der Waals surface area contributed by atoms with E-state index in [-0.39, 0.29) is 17.4 Å². The molecule has 0 aliphatic heterocycles. The topological polar surface area (TPSA) is 75.6 Å². The summed E-state index contributed by atoms with van der Waals surface area (Å²) in [6, 6.07) is 4.81. The summed E-state index contributed by atoms with van der Waals surface area (Å²) in [5, 5.41) is 12.0. The smallest absolute Gasteiger partial charge is 0.335 e. The number of benzene rings is 1. The molecule has 5 nitrogen and oxygen atoms in total. The average Bonchev–Trinajstić information content (AvgIpc) is 2.48. The highest BCUT2D eigenvalue weighted by molar-refractivity contribution is 5.95. The fraction of sp³-hybridized carbons (Fsp3) is 0.500. The molecule has 114 valence electrons. The van der Waals surface area contributed by atoms with Crippen LogP contribution in [0.15, 0.2) is 18.2 Å². The van der Waals surface area contributed by atoms with Gasteiger partial charge in [0.25, 0.3) is 0 Å². The lowest BCUT2D eigenvalue weighted by atomic mass is 9.88. The number of rotatable bonds is 5. The summed E-state index contributed by atoms with van der Waals surface area (Å²) in [4.78, 5) is 23.4. The molecule has 1 fully saturated rings. The van der Waals surface area contributed by atoms with Crippen LogP contribution in [0.1, 0.15) is 48.0 Å². The van der Waals surface area contributed by atoms with Crippen molar-refractivity contribution in [3.05, 3.63) is 29.3 Å². The van der Waals surface area contributed by atoms with Gasteiger partial charge in [0.1, 0.15) is 0 Å². The Kier molecular flexibility index (Phi) is 5.33. The molecule has 5 heteroatoms. The number of aromatic carboxylic acids is 1. The van der Waals surface area contributed by atoms with E-state index >= 15 is 0 Å². The van der Waals surface area contributed by atoms with E-state index in [9.17, 15) is 9.59 Å². The van der Waals surface area contributed by atoms with Crippen molar-refractivity contribution in [1.29, 1.82) is 0 Å². The van der Waals surface area contributed by atoms with E-state index in [1.807, 2.05) is 0 Å². The Morgan fingerprint density at radius 1 is 1.24 bits per heavy atom. The van der Waals surface area contributed by atoms with Gasteiger partial charge in [0.2, 0.25) is 5.91 Å². The highest BCUT2D eigenvalue weighted by Crippen LogP contribution is 2.25. The van der Waals surface area contributed by atoms with Crippen molar-refractivity contribution in [1.82, 2.24) is 0 Å². The van der Waals surface area contributed by atoms with Crippen LogP contribution in [0.2, 0.25) is 0 Å². The van der Waals surface area contributed by atoms with Crippen LogP contribution in [0, 0.1) is 5.92 Å². The summed E-state index contributed by atoms with van der Waals surface area (Å²) < 4.78 is 5.03. The summed E-state index contributed by atoms with van der Waals surface area (Å²) in [5.74, 6) is -0.986. The molecule has 2 rings (SSSR count). The van der Waals surface area contributed by atoms with Crippen molar-refractivity contribution in [3.8, 4) is 0 Å². The largest absolute Gasteiger partial charge is 0.478 e. The minimum Gasteiger partial charge on any atom is -0.478 e. The highest BCUT2D eigenvalue weighted by atomic mass is 16.5. The van der Waals surface area contributed by atoms with Crippen molar-refractivity contribution in [2.45, 2.75) is 38.7 Å². The molecule has 0 atom stereocenters. The summed E-state index contributed by atoms with van der Waals surface area (Å²) >= 11 is 0. The lowest BCUT2D eigenvalue weighted by Crippen LogP contribution is -2.24. The van der Waals surface area contributed by atoms with Gasteiger partial charge in [0.15, 0.2) is 0 Å². The third-order valence-corrected chi connectivity index (χ3v) is 3.79. The first-order chi connectivity index (χ1) is 10.1. The van der Waals surface area contributed by atoms with Crippen molar-refractivity contribution in [2.75, 3.05) is 12.4 Å². The molecular formula is C16H21NO4. The van der Waals surface area contributed by atoms with E-state index in [0.717, 1.165) is 31.2 Å². The zero-order valence-electron chi connectivity index (χ0n) is 12.2. The lowest BCUT2D eigenvalue weighted by Gasteiger charge is -2.21. The number of hydrogen-bond acceptors (Lipinski definition) is 3. The van der Waals surface area contributed by atoms with Crippen LogP contribution in [-0.4, -0.2) is 24.1 Å². The number of methoxy groups -OCH3 is 1. The molecule has 1 aliphatic carbocycles. The number of carboxylic acid groups (broad SMARTS) is 1. The van der Waals surface area contributed by atoms with Crippen LogP contribution in [-0.2, 0) is 16.1 Å². The molecule has 1 saturated carbocycles. The Hall–Kier alpha value is -1.88. The second-order valence-corrected chi connectivity index (χ2v) is 5.48. The molecule has 1 aliphatic rings. The molecule has 1 aromatic rings. The summed E-state index contributed by atoms with van der Waals surface area (Å²) in [6.07, 6.45) is 5.19. The molecule has 21 heavy (non-hydrogen) atoms. The van der Waals surface area contributed by atoms with Crippen molar-refractivity contribution < 1.29 is 19.4 Å². The predicted molar refractivity (Wildman–Crippen MR) is 79.3 cm³/mol. The fourth-order valence-electron chi connectivity index (χ4n) is 2.75. The highest BCUT2D eigenvalue weighted by Gasteiger charge is 2.21. The molecule has 1 aromatic carbocycles. The maximum atomic E-state index is 12.2. The average molecular weight is 291 g/mol. The minimum atomic E-state index is -1.01. The van der Waals surface area contributed by atoms with E-state index in [1.165, 1.54) is 12.5 Å². The molecule has 0 spiro atoms. The monoisotopic (exact) mass is 291 g/mol. The van der Waals surface area contributed by atoms with Gasteiger partial charge in [0.05, 0.1) is 12.2 Å². The van der Waals surface area contributed by atoms with Gasteiger partial charge in [-0.05, 0) is 36.6 Å². The number of hydrogen-bond donors (Lipinski definition) is 2. The third-order valence-electron chi connectivity index (χ3n) is 3.79. The van der Waals surface area contributed by atoms with Crippen LogP contribution in [0.5, 0.6) is 0 Å². The van der Waals surface area contributed by atoms with Crippen LogP contribution in [0.4, 0.5) is 5.69 Å². The maximum absolute atomic E-state index is 12.2. The first-order valence-corrected chi connectivity index (χ1v) is 7.27. The van der Waals surface area contributed by atoms with Crippen LogP contribution in [0.3, 0.4) is 0 Å². The van der Waals surface area contributed by atoms with Gasteiger partial charge in [-0.25, -0.2) is 4.79 Å². The Labute approximate surface area is 124 Å². The zero-order valence-corrected chi connectivity index (χ0v) is 12.2.